The first-order valence-corrected chi connectivity index (χ1v) is 4.36. The van der Waals surface area contributed by atoms with Crippen molar-refractivity contribution in [2.75, 3.05) is 0 Å². The zero-order valence-electron chi connectivity index (χ0n) is 8.22. The maximum absolute atomic E-state index is 12.8. The van der Waals surface area contributed by atoms with Gasteiger partial charge in [0.15, 0.2) is 6.17 Å². The SMILES string of the molecule is CC(C)c1oc(C(C)F)nc1C(F)F. The first-order chi connectivity index (χ1) is 6.43. The molecule has 0 N–H and O–H groups in total. The third-order valence-corrected chi connectivity index (χ3v) is 1.77. The number of alkyl halides is 3. The second-order valence-corrected chi connectivity index (χ2v) is 3.37. The number of halogens is 3. The molecule has 1 heterocycles. The Balaban J connectivity index is 3.12. The molecule has 0 spiro atoms. The van der Waals surface area contributed by atoms with E-state index in [2.05, 4.69) is 4.98 Å². The molecule has 1 unspecified atom stereocenters. The maximum Gasteiger partial charge on any atom is 0.283 e. The molecule has 1 rings (SSSR count). The lowest BCUT2D eigenvalue weighted by molar-refractivity contribution is 0.143. The van der Waals surface area contributed by atoms with Crippen LogP contribution in [-0.4, -0.2) is 4.98 Å². The van der Waals surface area contributed by atoms with Gasteiger partial charge in [-0.25, -0.2) is 18.2 Å². The normalized spacial score (nSPS) is 14.0. The highest BCUT2D eigenvalue weighted by molar-refractivity contribution is 5.15. The average Bonchev–Trinajstić information content (AvgIpc) is 2.47. The van der Waals surface area contributed by atoms with Crippen molar-refractivity contribution in [2.24, 2.45) is 0 Å². The molecule has 5 heteroatoms. The predicted octanol–water partition coefficient (Wildman–Crippen LogP) is 3.77. The predicted molar refractivity (Wildman–Crippen MR) is 45.1 cm³/mol. The van der Waals surface area contributed by atoms with Crippen LogP contribution in [0.15, 0.2) is 4.42 Å². The molecule has 80 valence electrons. The van der Waals surface area contributed by atoms with Gasteiger partial charge in [-0.05, 0) is 6.92 Å². The molecule has 1 aromatic heterocycles. The van der Waals surface area contributed by atoms with Crippen LogP contribution in [0.4, 0.5) is 13.2 Å². The smallest absolute Gasteiger partial charge is 0.283 e. The summed E-state index contributed by atoms with van der Waals surface area (Å²) in [6.45, 7) is 4.59. The van der Waals surface area contributed by atoms with Gasteiger partial charge in [0, 0.05) is 5.92 Å². The molecule has 0 saturated heterocycles. The van der Waals surface area contributed by atoms with Gasteiger partial charge in [-0.1, -0.05) is 13.8 Å². The van der Waals surface area contributed by atoms with Crippen LogP contribution in [0.25, 0.3) is 0 Å². The van der Waals surface area contributed by atoms with Gasteiger partial charge in [-0.2, -0.15) is 0 Å². The highest BCUT2D eigenvalue weighted by Gasteiger charge is 2.25. The molecular formula is C9H12F3NO. The van der Waals surface area contributed by atoms with E-state index in [1.807, 2.05) is 0 Å². The van der Waals surface area contributed by atoms with Crippen LogP contribution >= 0.6 is 0 Å². The lowest BCUT2D eigenvalue weighted by Gasteiger charge is -2.01. The zero-order chi connectivity index (χ0) is 10.9. The number of hydrogen-bond donors (Lipinski definition) is 0. The molecule has 0 aliphatic heterocycles. The van der Waals surface area contributed by atoms with E-state index >= 15 is 0 Å². The Morgan fingerprint density at radius 3 is 2.00 bits per heavy atom. The molecule has 0 saturated carbocycles. The summed E-state index contributed by atoms with van der Waals surface area (Å²) in [7, 11) is 0. The molecule has 0 fully saturated rings. The summed E-state index contributed by atoms with van der Waals surface area (Å²) in [5.41, 5.74) is -0.445. The van der Waals surface area contributed by atoms with Crippen LogP contribution in [0.2, 0.25) is 0 Å². The van der Waals surface area contributed by atoms with Crippen molar-refractivity contribution in [3.8, 4) is 0 Å². The van der Waals surface area contributed by atoms with Crippen molar-refractivity contribution in [1.29, 1.82) is 0 Å². The van der Waals surface area contributed by atoms with Crippen LogP contribution in [-0.2, 0) is 0 Å². The maximum atomic E-state index is 12.8. The van der Waals surface area contributed by atoms with Gasteiger partial charge in [0.1, 0.15) is 11.5 Å². The molecule has 0 amide bonds. The third-order valence-electron chi connectivity index (χ3n) is 1.77. The van der Waals surface area contributed by atoms with Gasteiger partial charge in [-0.15, -0.1) is 0 Å². The van der Waals surface area contributed by atoms with E-state index in [1.54, 1.807) is 13.8 Å². The zero-order valence-corrected chi connectivity index (χ0v) is 8.22. The molecule has 0 aliphatic carbocycles. The molecule has 0 aromatic carbocycles. The molecule has 0 bridgehead atoms. The first-order valence-electron chi connectivity index (χ1n) is 4.36. The minimum absolute atomic E-state index is 0.0690. The monoisotopic (exact) mass is 207 g/mol. The molecule has 14 heavy (non-hydrogen) atoms. The molecular weight excluding hydrogens is 195 g/mol. The molecule has 1 aromatic rings. The fourth-order valence-corrected chi connectivity index (χ4v) is 1.10. The standard InChI is InChI=1S/C9H12F3NO/c1-4(2)7-6(8(11)12)13-9(14-7)5(3)10/h4-5,8H,1-3H3. The summed E-state index contributed by atoms with van der Waals surface area (Å²) in [5.74, 6) is -0.428. The van der Waals surface area contributed by atoms with E-state index in [4.69, 9.17) is 4.42 Å². The summed E-state index contributed by atoms with van der Waals surface area (Å²) >= 11 is 0. The summed E-state index contributed by atoms with van der Waals surface area (Å²) in [5, 5.41) is 0. The highest BCUT2D eigenvalue weighted by atomic mass is 19.3. The molecule has 0 aliphatic rings. The number of oxazole rings is 1. The molecule has 0 radical (unpaired) electrons. The summed E-state index contributed by atoms with van der Waals surface area (Å²) in [6, 6.07) is 0. The Kier molecular flexibility index (Phi) is 3.18. The Morgan fingerprint density at radius 2 is 1.71 bits per heavy atom. The Bertz CT molecular complexity index is 282. The largest absolute Gasteiger partial charge is 0.442 e. The van der Waals surface area contributed by atoms with Gasteiger partial charge in [0.2, 0.25) is 5.89 Å². The van der Waals surface area contributed by atoms with Crippen LogP contribution < -0.4 is 0 Å². The van der Waals surface area contributed by atoms with E-state index in [0.29, 0.717) is 0 Å². The van der Waals surface area contributed by atoms with Crippen molar-refractivity contribution in [2.45, 2.75) is 39.3 Å². The van der Waals surface area contributed by atoms with Crippen molar-refractivity contribution >= 4 is 0 Å². The summed E-state index contributed by atoms with van der Waals surface area (Å²) < 4.78 is 42.5. The fourth-order valence-electron chi connectivity index (χ4n) is 1.10. The Morgan fingerprint density at radius 1 is 1.14 bits per heavy atom. The van der Waals surface area contributed by atoms with E-state index in [0.717, 1.165) is 0 Å². The van der Waals surface area contributed by atoms with Gasteiger partial charge < -0.3 is 4.42 Å². The Hall–Kier alpha value is -1.00. The number of hydrogen-bond acceptors (Lipinski definition) is 2. The molecule has 1 atom stereocenters. The van der Waals surface area contributed by atoms with E-state index < -0.39 is 18.3 Å². The van der Waals surface area contributed by atoms with Crippen molar-refractivity contribution < 1.29 is 17.6 Å². The van der Waals surface area contributed by atoms with Crippen molar-refractivity contribution in [3.05, 3.63) is 17.3 Å². The average molecular weight is 207 g/mol. The van der Waals surface area contributed by atoms with E-state index in [1.165, 1.54) is 6.92 Å². The highest BCUT2D eigenvalue weighted by Crippen LogP contribution is 2.31. The van der Waals surface area contributed by atoms with Crippen LogP contribution in [0, 0.1) is 0 Å². The minimum Gasteiger partial charge on any atom is -0.442 e. The van der Waals surface area contributed by atoms with Gasteiger partial charge in [0.25, 0.3) is 6.43 Å². The third kappa shape index (κ3) is 2.08. The second kappa shape index (κ2) is 4.02. The van der Waals surface area contributed by atoms with Crippen molar-refractivity contribution in [1.82, 2.24) is 4.98 Å². The Labute approximate surface area is 80.1 Å². The van der Waals surface area contributed by atoms with Crippen LogP contribution in [0.3, 0.4) is 0 Å². The van der Waals surface area contributed by atoms with Crippen LogP contribution in [0.1, 0.15) is 56.6 Å². The number of nitrogens with zero attached hydrogens (tertiary/aromatic N) is 1. The fraction of sp³-hybridized carbons (Fsp3) is 0.667. The van der Waals surface area contributed by atoms with Crippen LogP contribution in [0.5, 0.6) is 0 Å². The quantitative estimate of drug-likeness (QED) is 0.754. The topological polar surface area (TPSA) is 26.0 Å². The first kappa shape index (κ1) is 11.1. The van der Waals surface area contributed by atoms with E-state index in [9.17, 15) is 13.2 Å². The number of rotatable bonds is 3. The molecule has 2 nitrogen and oxygen atoms in total. The van der Waals surface area contributed by atoms with Crippen molar-refractivity contribution in [3.63, 3.8) is 0 Å². The van der Waals surface area contributed by atoms with E-state index in [-0.39, 0.29) is 17.6 Å². The number of aromatic nitrogens is 1. The minimum atomic E-state index is -2.72. The van der Waals surface area contributed by atoms with Gasteiger partial charge >= 0.3 is 0 Å². The second-order valence-electron chi connectivity index (χ2n) is 3.37. The lowest BCUT2D eigenvalue weighted by Crippen LogP contribution is -1.93. The summed E-state index contributed by atoms with van der Waals surface area (Å²) in [6.07, 6.45) is -4.18. The van der Waals surface area contributed by atoms with Gasteiger partial charge in [0.05, 0.1) is 0 Å². The van der Waals surface area contributed by atoms with Gasteiger partial charge in [-0.3, -0.25) is 0 Å². The summed E-state index contributed by atoms with van der Waals surface area (Å²) in [4.78, 5) is 3.44. The lowest BCUT2D eigenvalue weighted by atomic mass is 10.1.